The summed E-state index contributed by atoms with van der Waals surface area (Å²) in [5.41, 5.74) is 9.82. The fourth-order valence-electron chi connectivity index (χ4n) is 5.14. The molecule has 0 saturated carbocycles. The second kappa shape index (κ2) is 7.00. The van der Waals surface area contributed by atoms with Gasteiger partial charge in [-0.25, -0.2) is 0 Å². The Morgan fingerprint density at radius 2 is 1.23 bits per heavy atom. The van der Waals surface area contributed by atoms with E-state index in [0.717, 1.165) is 6.42 Å². The Bertz CT molecular complexity index is 1350. The normalized spacial score (nSPS) is 14.9. The van der Waals surface area contributed by atoms with E-state index in [-0.39, 0.29) is 5.92 Å². The first-order valence-corrected chi connectivity index (χ1v) is 10.6. The van der Waals surface area contributed by atoms with Crippen LogP contribution in [-0.2, 0) is 6.42 Å². The van der Waals surface area contributed by atoms with Crippen LogP contribution in [0.5, 0.6) is 0 Å². The van der Waals surface area contributed by atoms with E-state index in [1.807, 2.05) is 0 Å². The highest BCUT2D eigenvalue weighted by molar-refractivity contribution is 6.00. The van der Waals surface area contributed by atoms with Gasteiger partial charge in [-0.15, -0.1) is 0 Å². The van der Waals surface area contributed by atoms with E-state index in [1.54, 1.807) is 0 Å². The molecule has 0 radical (unpaired) electrons. The largest absolute Gasteiger partial charge is 0.0622 e. The van der Waals surface area contributed by atoms with E-state index in [0.29, 0.717) is 0 Å². The van der Waals surface area contributed by atoms with Crippen LogP contribution in [-0.4, -0.2) is 0 Å². The van der Waals surface area contributed by atoms with E-state index in [4.69, 9.17) is 0 Å². The van der Waals surface area contributed by atoms with Crippen LogP contribution in [0.25, 0.3) is 21.9 Å². The summed E-state index contributed by atoms with van der Waals surface area (Å²) in [6.07, 6.45) is 0.986. The Balaban J connectivity index is 1.76. The monoisotopic (exact) mass is 382 g/mol. The van der Waals surface area contributed by atoms with Gasteiger partial charge in [-0.3, -0.25) is 0 Å². The zero-order chi connectivity index (χ0) is 19.9. The Kier molecular flexibility index (Phi) is 4.02. The number of hydrogen-bond donors (Lipinski definition) is 0. The van der Waals surface area contributed by atoms with Crippen LogP contribution >= 0.6 is 0 Å². The highest BCUT2D eigenvalue weighted by atomic mass is 14.3. The van der Waals surface area contributed by atoms with Crippen molar-refractivity contribution in [1.82, 2.24) is 0 Å². The maximum Gasteiger partial charge on any atom is 0.0352 e. The van der Waals surface area contributed by atoms with Crippen molar-refractivity contribution in [2.75, 3.05) is 0 Å². The third-order valence-corrected chi connectivity index (χ3v) is 6.41. The predicted molar refractivity (Wildman–Crippen MR) is 126 cm³/mol. The van der Waals surface area contributed by atoms with E-state index >= 15 is 0 Å². The zero-order valence-corrected chi connectivity index (χ0v) is 16.8. The third kappa shape index (κ3) is 2.69. The minimum Gasteiger partial charge on any atom is -0.0622 e. The molecule has 0 heteroatoms. The molecule has 0 saturated heterocycles. The van der Waals surface area contributed by atoms with E-state index < -0.39 is 0 Å². The molecule has 1 atom stereocenters. The minimum absolute atomic E-state index is 0.242. The molecule has 0 spiro atoms. The first-order valence-electron chi connectivity index (χ1n) is 10.6. The molecule has 0 N–H and O–H groups in total. The molecule has 0 heterocycles. The van der Waals surface area contributed by atoms with Gasteiger partial charge in [0.25, 0.3) is 0 Å². The molecule has 1 aliphatic rings. The molecule has 0 bridgehead atoms. The van der Waals surface area contributed by atoms with Gasteiger partial charge in [0, 0.05) is 5.92 Å². The highest BCUT2D eigenvalue weighted by Gasteiger charge is 2.30. The van der Waals surface area contributed by atoms with Crippen molar-refractivity contribution in [2.24, 2.45) is 0 Å². The van der Waals surface area contributed by atoms with Gasteiger partial charge in [0.05, 0.1) is 0 Å². The van der Waals surface area contributed by atoms with Crippen molar-refractivity contribution in [1.29, 1.82) is 0 Å². The molecule has 30 heavy (non-hydrogen) atoms. The standard InChI is InChI=1S/C30H22/c1-3-11-21(12-4-1)28-26-17-9-7-15-23(26)19-25-20-24-16-8-10-18-27(24)29(30(25)28)22-13-5-2-6-14-22/h1-19,29H,20H2. The van der Waals surface area contributed by atoms with Gasteiger partial charge in [-0.1, -0.05) is 115 Å². The highest BCUT2D eigenvalue weighted by Crippen LogP contribution is 2.47. The van der Waals surface area contributed by atoms with Gasteiger partial charge in [-0.05, 0) is 56.1 Å². The van der Waals surface area contributed by atoms with E-state index in [1.165, 1.54) is 49.7 Å². The van der Waals surface area contributed by atoms with Crippen LogP contribution in [0.4, 0.5) is 0 Å². The first kappa shape index (κ1) is 17.2. The Morgan fingerprint density at radius 3 is 2.07 bits per heavy atom. The number of benzene rings is 5. The van der Waals surface area contributed by atoms with Crippen LogP contribution in [0.2, 0.25) is 0 Å². The van der Waals surface area contributed by atoms with Crippen molar-refractivity contribution >= 4 is 10.8 Å². The van der Waals surface area contributed by atoms with Crippen LogP contribution < -0.4 is 0 Å². The second-order valence-corrected chi connectivity index (χ2v) is 8.13. The third-order valence-electron chi connectivity index (χ3n) is 6.41. The fourth-order valence-corrected chi connectivity index (χ4v) is 5.14. The second-order valence-electron chi connectivity index (χ2n) is 8.13. The minimum atomic E-state index is 0.242. The molecule has 5 aromatic carbocycles. The Labute approximate surface area is 177 Å². The summed E-state index contributed by atoms with van der Waals surface area (Å²) in [7, 11) is 0. The SMILES string of the molecule is c1ccc(-c2c3c(cc4ccccc24)Cc2ccccc2C3c2ccccc2)cc1. The lowest BCUT2D eigenvalue weighted by Crippen LogP contribution is -2.16. The number of hydrogen-bond acceptors (Lipinski definition) is 0. The molecular weight excluding hydrogens is 360 g/mol. The number of rotatable bonds is 2. The maximum atomic E-state index is 2.42. The molecule has 0 fully saturated rings. The lowest BCUT2D eigenvalue weighted by Gasteiger charge is -2.32. The average molecular weight is 383 g/mol. The summed E-state index contributed by atoms with van der Waals surface area (Å²) in [5, 5.41) is 2.66. The molecule has 5 aromatic rings. The van der Waals surface area contributed by atoms with Crippen molar-refractivity contribution < 1.29 is 0 Å². The van der Waals surface area contributed by atoms with Gasteiger partial charge in [0.2, 0.25) is 0 Å². The lowest BCUT2D eigenvalue weighted by atomic mass is 9.71. The fraction of sp³-hybridized carbons (Fsp3) is 0.0667. The van der Waals surface area contributed by atoms with Gasteiger partial charge < -0.3 is 0 Å². The Morgan fingerprint density at radius 1 is 0.567 bits per heavy atom. The van der Waals surface area contributed by atoms with Gasteiger partial charge in [0.1, 0.15) is 0 Å². The predicted octanol–water partition coefficient (Wildman–Crippen LogP) is 7.59. The van der Waals surface area contributed by atoms with E-state index in [2.05, 4.69) is 115 Å². The summed E-state index contributed by atoms with van der Waals surface area (Å²) < 4.78 is 0. The van der Waals surface area contributed by atoms with Crippen molar-refractivity contribution in [3.63, 3.8) is 0 Å². The maximum absolute atomic E-state index is 2.42. The molecule has 1 unspecified atom stereocenters. The average Bonchev–Trinajstić information content (AvgIpc) is 2.82. The van der Waals surface area contributed by atoms with Crippen LogP contribution in [0.3, 0.4) is 0 Å². The molecule has 0 amide bonds. The summed E-state index contributed by atoms with van der Waals surface area (Å²) in [6.45, 7) is 0. The van der Waals surface area contributed by atoms with Crippen LogP contribution in [0.15, 0.2) is 115 Å². The summed E-state index contributed by atoms with van der Waals surface area (Å²) in [5.74, 6) is 0.242. The Hall–Kier alpha value is -3.64. The van der Waals surface area contributed by atoms with Gasteiger partial charge in [0.15, 0.2) is 0 Å². The molecule has 0 nitrogen and oxygen atoms in total. The summed E-state index contributed by atoms with van der Waals surface area (Å²) >= 11 is 0. The van der Waals surface area contributed by atoms with Crippen molar-refractivity contribution in [2.45, 2.75) is 12.3 Å². The molecular formula is C30H22. The van der Waals surface area contributed by atoms with Crippen molar-refractivity contribution in [3.8, 4) is 11.1 Å². The quantitative estimate of drug-likeness (QED) is 0.289. The smallest absolute Gasteiger partial charge is 0.0352 e. The van der Waals surface area contributed by atoms with Crippen LogP contribution in [0, 0.1) is 0 Å². The molecule has 6 rings (SSSR count). The number of fused-ring (bicyclic) bond motifs is 3. The summed E-state index contributed by atoms with van der Waals surface area (Å²) in [4.78, 5) is 0. The van der Waals surface area contributed by atoms with E-state index in [9.17, 15) is 0 Å². The molecule has 142 valence electrons. The first-order chi connectivity index (χ1) is 14.9. The molecule has 1 aliphatic carbocycles. The van der Waals surface area contributed by atoms with Crippen LogP contribution in [0.1, 0.15) is 33.7 Å². The van der Waals surface area contributed by atoms with Gasteiger partial charge in [-0.2, -0.15) is 0 Å². The summed E-state index contributed by atoms with van der Waals surface area (Å²) in [6, 6.07) is 42.1. The van der Waals surface area contributed by atoms with Gasteiger partial charge >= 0.3 is 0 Å². The lowest BCUT2D eigenvalue weighted by molar-refractivity contribution is 0.891. The van der Waals surface area contributed by atoms with Crippen molar-refractivity contribution in [3.05, 3.63) is 143 Å². The topological polar surface area (TPSA) is 0 Å². The zero-order valence-electron chi connectivity index (χ0n) is 16.8. The molecule has 0 aromatic heterocycles. The molecule has 0 aliphatic heterocycles.